The van der Waals surface area contributed by atoms with Crippen molar-refractivity contribution in [2.45, 2.75) is 25.9 Å². The van der Waals surface area contributed by atoms with Gasteiger partial charge in [0.1, 0.15) is 12.8 Å². The molecule has 0 saturated heterocycles. The second-order valence-electron chi connectivity index (χ2n) is 3.45. The normalized spacial score (nSPS) is 13.3. The molecule has 1 atom stereocenters. The number of hydrogen-bond donors (Lipinski definition) is 1. The molecule has 1 aromatic rings. The largest absolute Gasteiger partial charge is 0.386 e. The molecule has 0 radical (unpaired) electrons. The quantitative estimate of drug-likeness (QED) is 0.762. The van der Waals surface area contributed by atoms with Crippen LogP contribution in [0.4, 0.5) is 4.39 Å². The lowest BCUT2D eigenvalue weighted by Gasteiger charge is -2.15. The Hall–Kier alpha value is -0.890. The van der Waals surface area contributed by atoms with Crippen molar-refractivity contribution in [3.8, 4) is 0 Å². The van der Waals surface area contributed by atoms with Gasteiger partial charge in [0.25, 0.3) is 0 Å². The van der Waals surface area contributed by atoms with Crippen LogP contribution >= 0.6 is 0 Å². The highest BCUT2D eigenvalue weighted by Gasteiger charge is 2.12. The fourth-order valence-corrected chi connectivity index (χ4v) is 1.42. The number of hydrogen-bond acceptors (Lipinski definition) is 1. The molecular formula is C11H15FO. The molecule has 0 aliphatic heterocycles. The Morgan fingerprint density at radius 1 is 1.23 bits per heavy atom. The van der Waals surface area contributed by atoms with Crippen LogP contribution in [0, 0.1) is 0 Å². The Morgan fingerprint density at radius 2 is 1.77 bits per heavy atom. The van der Waals surface area contributed by atoms with Crippen molar-refractivity contribution >= 4 is 0 Å². The van der Waals surface area contributed by atoms with Gasteiger partial charge in [0.15, 0.2) is 0 Å². The molecular weight excluding hydrogens is 167 g/mol. The van der Waals surface area contributed by atoms with Crippen molar-refractivity contribution in [3.63, 3.8) is 0 Å². The lowest BCUT2D eigenvalue weighted by atomic mass is 9.94. The highest BCUT2D eigenvalue weighted by molar-refractivity contribution is 5.31. The van der Waals surface area contributed by atoms with E-state index in [9.17, 15) is 9.50 Å². The van der Waals surface area contributed by atoms with Crippen LogP contribution in [0.25, 0.3) is 0 Å². The van der Waals surface area contributed by atoms with E-state index in [2.05, 4.69) is 0 Å². The van der Waals surface area contributed by atoms with Crippen LogP contribution in [0.3, 0.4) is 0 Å². The molecule has 0 aliphatic rings. The van der Waals surface area contributed by atoms with Gasteiger partial charge in [-0.3, -0.25) is 0 Å². The maximum atomic E-state index is 12.3. The van der Waals surface area contributed by atoms with Crippen molar-refractivity contribution < 1.29 is 9.50 Å². The fourth-order valence-electron chi connectivity index (χ4n) is 1.42. The molecule has 0 aromatic heterocycles. The third kappa shape index (κ3) is 2.28. The van der Waals surface area contributed by atoms with Crippen LogP contribution in [0.5, 0.6) is 0 Å². The van der Waals surface area contributed by atoms with Gasteiger partial charge in [0.2, 0.25) is 0 Å². The minimum atomic E-state index is -0.974. The Balaban J connectivity index is 3.04. The van der Waals surface area contributed by atoms with Gasteiger partial charge in [0.05, 0.1) is 0 Å². The summed E-state index contributed by atoms with van der Waals surface area (Å²) in [6, 6.07) is 7.43. The molecule has 1 nitrogen and oxygen atoms in total. The third-order valence-electron chi connectivity index (χ3n) is 2.12. The van der Waals surface area contributed by atoms with Gasteiger partial charge < -0.3 is 5.11 Å². The van der Waals surface area contributed by atoms with E-state index in [-0.39, 0.29) is 0 Å². The standard InChI is InChI=1S/C11H15FO/c1-8(2)9-5-3-4-6-10(9)11(13)7-12/h3-6,8,11,13H,7H2,1-2H3. The van der Waals surface area contributed by atoms with Gasteiger partial charge in [-0.15, -0.1) is 0 Å². The van der Waals surface area contributed by atoms with E-state index < -0.39 is 12.8 Å². The topological polar surface area (TPSA) is 20.2 Å². The summed E-state index contributed by atoms with van der Waals surface area (Å²) in [5.74, 6) is 0.317. The number of benzene rings is 1. The highest BCUT2D eigenvalue weighted by Crippen LogP contribution is 2.24. The van der Waals surface area contributed by atoms with E-state index in [4.69, 9.17) is 0 Å². The van der Waals surface area contributed by atoms with Crippen LogP contribution in [0.15, 0.2) is 24.3 Å². The lowest BCUT2D eigenvalue weighted by molar-refractivity contribution is 0.140. The average molecular weight is 182 g/mol. The van der Waals surface area contributed by atoms with E-state index in [1.165, 1.54) is 0 Å². The van der Waals surface area contributed by atoms with E-state index in [0.717, 1.165) is 5.56 Å². The molecule has 1 N–H and O–H groups in total. The summed E-state index contributed by atoms with van der Waals surface area (Å²) in [4.78, 5) is 0. The zero-order chi connectivity index (χ0) is 9.84. The molecule has 0 fully saturated rings. The molecule has 0 bridgehead atoms. The number of rotatable bonds is 3. The van der Waals surface area contributed by atoms with Crippen molar-refractivity contribution in [2.24, 2.45) is 0 Å². The highest BCUT2D eigenvalue weighted by atomic mass is 19.1. The molecule has 72 valence electrons. The molecule has 13 heavy (non-hydrogen) atoms. The molecule has 0 aliphatic carbocycles. The van der Waals surface area contributed by atoms with E-state index >= 15 is 0 Å². The van der Waals surface area contributed by atoms with Crippen molar-refractivity contribution in [2.75, 3.05) is 6.67 Å². The van der Waals surface area contributed by atoms with Crippen LogP contribution in [-0.2, 0) is 0 Å². The van der Waals surface area contributed by atoms with Crippen molar-refractivity contribution in [3.05, 3.63) is 35.4 Å². The number of aliphatic hydroxyl groups is 1. The van der Waals surface area contributed by atoms with Crippen molar-refractivity contribution in [1.82, 2.24) is 0 Å². The van der Waals surface area contributed by atoms with Gasteiger partial charge in [-0.1, -0.05) is 38.1 Å². The van der Waals surface area contributed by atoms with Crippen LogP contribution in [0.2, 0.25) is 0 Å². The van der Waals surface area contributed by atoms with Gasteiger partial charge in [-0.25, -0.2) is 4.39 Å². The minimum Gasteiger partial charge on any atom is -0.386 e. The zero-order valence-electron chi connectivity index (χ0n) is 8.00. The number of aliphatic hydroxyl groups excluding tert-OH is 1. The van der Waals surface area contributed by atoms with Gasteiger partial charge in [-0.05, 0) is 17.0 Å². The Morgan fingerprint density at radius 3 is 2.23 bits per heavy atom. The minimum absolute atomic E-state index is 0.317. The summed E-state index contributed by atoms with van der Waals surface area (Å²) in [7, 11) is 0. The van der Waals surface area contributed by atoms with Crippen LogP contribution < -0.4 is 0 Å². The van der Waals surface area contributed by atoms with Crippen LogP contribution in [0.1, 0.15) is 37.0 Å². The van der Waals surface area contributed by atoms with Gasteiger partial charge >= 0.3 is 0 Å². The van der Waals surface area contributed by atoms with E-state index in [1.807, 2.05) is 32.0 Å². The predicted octanol–water partition coefficient (Wildman–Crippen LogP) is 2.81. The Kier molecular flexibility index (Phi) is 3.43. The molecule has 2 heteroatoms. The summed E-state index contributed by atoms with van der Waals surface area (Å²) in [6.45, 7) is 3.34. The second-order valence-corrected chi connectivity index (χ2v) is 3.45. The molecule has 0 heterocycles. The molecule has 1 rings (SSSR count). The first-order valence-electron chi connectivity index (χ1n) is 4.49. The number of alkyl halides is 1. The zero-order valence-corrected chi connectivity index (χ0v) is 8.00. The van der Waals surface area contributed by atoms with Gasteiger partial charge in [-0.2, -0.15) is 0 Å². The summed E-state index contributed by atoms with van der Waals surface area (Å²) in [5, 5.41) is 9.38. The fraction of sp³-hybridized carbons (Fsp3) is 0.455. The summed E-state index contributed by atoms with van der Waals surface area (Å²) >= 11 is 0. The summed E-state index contributed by atoms with van der Waals surface area (Å²) < 4.78 is 12.3. The summed E-state index contributed by atoms with van der Waals surface area (Å²) in [6.07, 6.45) is -0.974. The molecule has 0 spiro atoms. The average Bonchev–Trinajstić information content (AvgIpc) is 2.16. The van der Waals surface area contributed by atoms with Crippen LogP contribution in [-0.4, -0.2) is 11.8 Å². The Labute approximate surface area is 78.2 Å². The van der Waals surface area contributed by atoms with E-state index in [0.29, 0.717) is 11.5 Å². The van der Waals surface area contributed by atoms with Crippen molar-refractivity contribution in [1.29, 1.82) is 0 Å². The predicted molar refractivity (Wildman–Crippen MR) is 51.5 cm³/mol. The number of halogens is 1. The molecule has 1 aromatic carbocycles. The first-order valence-corrected chi connectivity index (χ1v) is 4.49. The first-order chi connectivity index (χ1) is 6.16. The molecule has 0 amide bonds. The third-order valence-corrected chi connectivity index (χ3v) is 2.12. The Bertz CT molecular complexity index is 271. The lowest BCUT2D eigenvalue weighted by Crippen LogP contribution is -2.04. The van der Waals surface area contributed by atoms with Gasteiger partial charge in [0, 0.05) is 0 Å². The van der Waals surface area contributed by atoms with E-state index in [1.54, 1.807) is 6.07 Å². The SMILES string of the molecule is CC(C)c1ccccc1C(O)CF. The molecule has 1 unspecified atom stereocenters. The monoisotopic (exact) mass is 182 g/mol. The summed E-state index contributed by atoms with van der Waals surface area (Å²) in [5.41, 5.74) is 1.73. The smallest absolute Gasteiger partial charge is 0.119 e. The second kappa shape index (κ2) is 4.38. The molecule has 0 saturated carbocycles. The maximum absolute atomic E-state index is 12.3. The first kappa shape index (κ1) is 10.2. The maximum Gasteiger partial charge on any atom is 0.119 e.